The van der Waals surface area contributed by atoms with Crippen LogP contribution in [-0.2, 0) is 0 Å². The van der Waals surface area contributed by atoms with Gasteiger partial charge in [0.05, 0.1) is 11.5 Å². The Balaban J connectivity index is 2.97. The molecule has 0 heterocycles. The fourth-order valence-corrected chi connectivity index (χ4v) is 1.63. The lowest BCUT2D eigenvalue weighted by atomic mass is 10.1. The van der Waals surface area contributed by atoms with Gasteiger partial charge in [-0.15, -0.1) is 0 Å². The zero-order valence-corrected chi connectivity index (χ0v) is 11.7. The van der Waals surface area contributed by atoms with Crippen molar-refractivity contribution in [2.75, 3.05) is 30.3 Å². The Kier molecular flexibility index (Phi) is 5.72. The molecular weight excluding hydrogens is 262 g/mol. The zero-order chi connectivity index (χ0) is 15.2. The van der Waals surface area contributed by atoms with Crippen molar-refractivity contribution in [2.24, 2.45) is 0 Å². The molecule has 7 nitrogen and oxygen atoms in total. The first-order valence-corrected chi connectivity index (χ1v) is 6.49. The highest BCUT2D eigenvalue weighted by Gasteiger charge is 2.23. The molecule has 0 aliphatic heterocycles. The quantitative estimate of drug-likeness (QED) is 0.426. The van der Waals surface area contributed by atoms with Gasteiger partial charge in [0.1, 0.15) is 17.0 Å². The summed E-state index contributed by atoms with van der Waals surface area (Å²) in [5.74, 6) is 0. The monoisotopic (exact) mass is 283 g/mol. The van der Waals surface area contributed by atoms with Crippen LogP contribution in [0.1, 0.15) is 20.3 Å². The maximum absolute atomic E-state index is 11.2. The second-order valence-electron chi connectivity index (χ2n) is 4.89. The molecule has 0 saturated carbocycles. The van der Waals surface area contributed by atoms with Crippen LogP contribution in [0.15, 0.2) is 18.2 Å². The van der Waals surface area contributed by atoms with Crippen molar-refractivity contribution in [2.45, 2.75) is 25.9 Å². The molecule has 0 spiro atoms. The first-order chi connectivity index (χ1) is 9.41. The van der Waals surface area contributed by atoms with Gasteiger partial charge in [0.2, 0.25) is 0 Å². The minimum Gasteiger partial charge on any atom is -0.393 e. The summed E-state index contributed by atoms with van der Waals surface area (Å²) in [6, 6.07) is 4.91. The van der Waals surface area contributed by atoms with Gasteiger partial charge in [-0.1, -0.05) is 13.0 Å². The van der Waals surface area contributed by atoms with Crippen molar-refractivity contribution in [3.05, 3.63) is 28.3 Å². The molecule has 0 aliphatic rings. The van der Waals surface area contributed by atoms with E-state index >= 15 is 0 Å². The number of aliphatic hydroxyl groups excluding tert-OH is 1. The average molecular weight is 283 g/mol. The molecule has 0 fully saturated rings. The second kappa shape index (κ2) is 7.06. The molecule has 1 unspecified atom stereocenters. The maximum atomic E-state index is 11.2. The Hall–Kier alpha value is -1.86. The van der Waals surface area contributed by atoms with E-state index in [9.17, 15) is 15.2 Å². The summed E-state index contributed by atoms with van der Waals surface area (Å²) in [4.78, 5) is 10.7. The van der Waals surface area contributed by atoms with Gasteiger partial charge in [-0.25, -0.2) is 0 Å². The van der Waals surface area contributed by atoms with Gasteiger partial charge in [0, 0.05) is 13.1 Å². The van der Waals surface area contributed by atoms with Gasteiger partial charge in [0.25, 0.3) is 0 Å². The number of nitrogens with zero attached hydrogens (tertiary/aromatic N) is 1. The summed E-state index contributed by atoms with van der Waals surface area (Å²) in [6.07, 6.45) is 0.855. The number of anilines is 2. The number of nitrogens with one attached hydrogen (secondary N) is 2. The lowest BCUT2D eigenvalue weighted by molar-refractivity contribution is -0.383. The van der Waals surface area contributed by atoms with Crippen LogP contribution < -0.4 is 10.6 Å². The molecule has 112 valence electrons. The molecule has 1 atom stereocenters. The summed E-state index contributed by atoms with van der Waals surface area (Å²) in [7, 11) is 0. The topological polar surface area (TPSA) is 108 Å². The van der Waals surface area contributed by atoms with Crippen molar-refractivity contribution in [1.82, 2.24) is 0 Å². The molecule has 20 heavy (non-hydrogen) atoms. The zero-order valence-electron chi connectivity index (χ0n) is 11.7. The lowest BCUT2D eigenvalue weighted by Crippen LogP contribution is -2.37. The van der Waals surface area contributed by atoms with E-state index in [0.717, 1.165) is 6.42 Å². The third-order valence-electron chi connectivity index (χ3n) is 2.78. The first-order valence-electron chi connectivity index (χ1n) is 6.49. The van der Waals surface area contributed by atoms with Crippen LogP contribution in [0, 0.1) is 10.1 Å². The number of aliphatic hydroxyl groups is 2. The Morgan fingerprint density at radius 2 is 1.95 bits per heavy atom. The van der Waals surface area contributed by atoms with Crippen LogP contribution >= 0.6 is 0 Å². The normalized spacial score (nSPS) is 13.6. The number of nitro benzene ring substituents is 1. The number of benzene rings is 1. The van der Waals surface area contributed by atoms with Crippen LogP contribution in [0.4, 0.5) is 17.1 Å². The molecular formula is C13H21N3O4. The number of hydrogen-bond donors (Lipinski definition) is 4. The van der Waals surface area contributed by atoms with Gasteiger partial charge in [-0.2, -0.15) is 0 Å². The predicted molar refractivity (Wildman–Crippen MR) is 78.1 cm³/mol. The Bertz CT molecular complexity index is 463. The summed E-state index contributed by atoms with van der Waals surface area (Å²) < 4.78 is 0. The summed E-state index contributed by atoms with van der Waals surface area (Å²) in [6.45, 7) is 3.65. The summed E-state index contributed by atoms with van der Waals surface area (Å²) >= 11 is 0. The molecule has 1 aromatic carbocycles. The highest BCUT2D eigenvalue weighted by Crippen LogP contribution is 2.33. The SMILES string of the molecule is CCCNc1cccc(NCC(C)(O)CO)c1[N+](=O)[O-]. The van der Waals surface area contributed by atoms with E-state index in [-0.39, 0.29) is 12.2 Å². The Labute approximate surface area is 117 Å². The molecule has 0 radical (unpaired) electrons. The van der Waals surface area contributed by atoms with E-state index in [2.05, 4.69) is 10.6 Å². The van der Waals surface area contributed by atoms with Crippen molar-refractivity contribution < 1.29 is 15.1 Å². The van der Waals surface area contributed by atoms with E-state index in [1.165, 1.54) is 6.92 Å². The van der Waals surface area contributed by atoms with Crippen LogP contribution in [0.3, 0.4) is 0 Å². The highest BCUT2D eigenvalue weighted by atomic mass is 16.6. The van der Waals surface area contributed by atoms with Crippen LogP contribution in [0.25, 0.3) is 0 Å². The third kappa shape index (κ3) is 4.36. The minimum atomic E-state index is -1.33. The van der Waals surface area contributed by atoms with E-state index in [0.29, 0.717) is 17.9 Å². The smallest absolute Gasteiger partial charge is 0.315 e. The summed E-state index contributed by atoms with van der Waals surface area (Å²) in [5.41, 5.74) is -0.647. The highest BCUT2D eigenvalue weighted by molar-refractivity contribution is 5.76. The average Bonchev–Trinajstić information content (AvgIpc) is 2.42. The van der Waals surface area contributed by atoms with Gasteiger partial charge in [-0.3, -0.25) is 10.1 Å². The lowest BCUT2D eigenvalue weighted by Gasteiger charge is -2.21. The van der Waals surface area contributed by atoms with Gasteiger partial charge in [-0.05, 0) is 25.5 Å². The predicted octanol–water partition coefficient (Wildman–Crippen LogP) is 1.57. The molecule has 7 heteroatoms. The first kappa shape index (κ1) is 16.2. The number of para-hydroxylation sites is 1. The largest absolute Gasteiger partial charge is 0.393 e. The molecule has 0 aliphatic carbocycles. The number of nitro groups is 1. The Morgan fingerprint density at radius 3 is 2.45 bits per heavy atom. The van der Waals surface area contributed by atoms with E-state index in [1.54, 1.807) is 18.2 Å². The van der Waals surface area contributed by atoms with Crippen LogP contribution in [0.5, 0.6) is 0 Å². The minimum absolute atomic E-state index is 0.0154. The number of hydrogen-bond acceptors (Lipinski definition) is 6. The standard InChI is InChI=1S/C13H21N3O4/c1-3-7-14-10-5-4-6-11(12(10)16(19)20)15-8-13(2,18)9-17/h4-6,14-15,17-18H,3,7-9H2,1-2H3. The molecule has 0 bridgehead atoms. The summed E-state index contributed by atoms with van der Waals surface area (Å²) in [5, 5.41) is 35.7. The van der Waals surface area contributed by atoms with Crippen LogP contribution in [0.2, 0.25) is 0 Å². The van der Waals surface area contributed by atoms with E-state index in [1.807, 2.05) is 6.92 Å². The van der Waals surface area contributed by atoms with E-state index < -0.39 is 17.1 Å². The third-order valence-corrected chi connectivity index (χ3v) is 2.78. The molecule has 1 rings (SSSR count). The fraction of sp³-hybridized carbons (Fsp3) is 0.538. The van der Waals surface area contributed by atoms with Gasteiger partial charge >= 0.3 is 5.69 Å². The van der Waals surface area contributed by atoms with Gasteiger partial charge in [0.15, 0.2) is 0 Å². The van der Waals surface area contributed by atoms with Gasteiger partial charge < -0.3 is 20.8 Å². The maximum Gasteiger partial charge on any atom is 0.315 e. The molecule has 1 aromatic rings. The van der Waals surface area contributed by atoms with Crippen molar-refractivity contribution >= 4 is 17.1 Å². The molecule has 4 N–H and O–H groups in total. The fourth-order valence-electron chi connectivity index (χ4n) is 1.63. The molecule has 0 saturated heterocycles. The molecule has 0 amide bonds. The van der Waals surface area contributed by atoms with Crippen LogP contribution in [-0.4, -0.2) is 40.4 Å². The molecule has 0 aromatic heterocycles. The Morgan fingerprint density at radius 1 is 1.35 bits per heavy atom. The van der Waals surface area contributed by atoms with E-state index in [4.69, 9.17) is 5.11 Å². The van der Waals surface area contributed by atoms with Crippen molar-refractivity contribution in [3.8, 4) is 0 Å². The number of rotatable bonds is 8. The second-order valence-corrected chi connectivity index (χ2v) is 4.89. The van der Waals surface area contributed by atoms with Crippen molar-refractivity contribution in [1.29, 1.82) is 0 Å². The van der Waals surface area contributed by atoms with Crippen molar-refractivity contribution in [3.63, 3.8) is 0 Å².